The molecule has 0 fully saturated rings. The van der Waals surface area contributed by atoms with Crippen molar-refractivity contribution in [1.82, 2.24) is 0 Å². The van der Waals surface area contributed by atoms with Gasteiger partial charge in [0.1, 0.15) is 0 Å². The second kappa shape index (κ2) is 8.78. The van der Waals surface area contributed by atoms with Crippen molar-refractivity contribution in [2.24, 2.45) is 0 Å². The Hall–Kier alpha value is -2.33. The van der Waals surface area contributed by atoms with Crippen LogP contribution in [0.2, 0.25) is 0 Å². The van der Waals surface area contributed by atoms with Crippen molar-refractivity contribution in [3.63, 3.8) is 0 Å². The highest BCUT2D eigenvalue weighted by Crippen LogP contribution is 2.54. The number of aliphatic hydroxyl groups is 1. The molecule has 0 atom stereocenters. The molecule has 3 heteroatoms. The van der Waals surface area contributed by atoms with Gasteiger partial charge >= 0.3 is 0 Å². The van der Waals surface area contributed by atoms with Crippen LogP contribution in [0, 0.1) is 0 Å². The number of rotatable bonds is 5. The Labute approximate surface area is 169 Å². The predicted octanol–water partition coefficient (Wildman–Crippen LogP) is 5.71. The lowest BCUT2D eigenvalue weighted by Crippen LogP contribution is -2.20. The first-order chi connectivity index (χ1) is 13.1. The zero-order valence-electron chi connectivity index (χ0n) is 17.6. The fraction of sp³-hybridized carbons (Fsp3) is 0.280. The van der Waals surface area contributed by atoms with Crippen LogP contribution in [0.5, 0.6) is 0 Å². The molecule has 0 heterocycles. The summed E-state index contributed by atoms with van der Waals surface area (Å²) < 4.78 is 14.7. The third-order valence-electron chi connectivity index (χ3n) is 4.57. The molecular formula is C25H29O2P. The van der Waals surface area contributed by atoms with E-state index >= 15 is 0 Å². The van der Waals surface area contributed by atoms with Gasteiger partial charge in [0.2, 0.25) is 0 Å². The van der Waals surface area contributed by atoms with Crippen LogP contribution in [0.3, 0.4) is 0 Å². The molecule has 0 aromatic heterocycles. The minimum Gasteiger partial charge on any atom is -0.385 e. The van der Waals surface area contributed by atoms with Gasteiger partial charge < -0.3 is 9.67 Å². The molecule has 0 amide bonds. The van der Waals surface area contributed by atoms with E-state index in [2.05, 4.69) is 11.5 Å². The fourth-order valence-electron chi connectivity index (χ4n) is 2.82. The minimum absolute atomic E-state index is 0.619. The van der Waals surface area contributed by atoms with Crippen LogP contribution in [-0.2, 0) is 4.57 Å². The summed E-state index contributed by atoms with van der Waals surface area (Å²) in [7, 11) is -3.16. The molecule has 2 aromatic carbocycles. The molecule has 0 aliphatic carbocycles. The van der Waals surface area contributed by atoms with E-state index in [4.69, 9.17) is 0 Å². The average Bonchev–Trinajstić information content (AvgIpc) is 2.66. The van der Waals surface area contributed by atoms with Gasteiger partial charge in [-0.2, -0.15) is 0 Å². The number of allylic oxidation sites excluding steroid dienone is 1. The molecule has 0 saturated carbocycles. The van der Waals surface area contributed by atoms with E-state index in [9.17, 15) is 9.67 Å². The number of hydrogen-bond donors (Lipinski definition) is 1. The van der Waals surface area contributed by atoms with Gasteiger partial charge in [-0.05, 0) is 52.7 Å². The summed E-state index contributed by atoms with van der Waals surface area (Å²) in [6.45, 7) is 11.1. The first-order valence-electron chi connectivity index (χ1n) is 9.40. The second-order valence-corrected chi connectivity index (χ2v) is 10.4. The highest BCUT2D eigenvalue weighted by Gasteiger charge is 2.33. The molecule has 2 nitrogen and oxygen atoms in total. The molecule has 1 N–H and O–H groups in total. The first kappa shape index (κ1) is 22.0. The van der Waals surface area contributed by atoms with Crippen molar-refractivity contribution in [3.05, 3.63) is 94.2 Å². The summed E-state index contributed by atoms with van der Waals surface area (Å²) in [5.74, 6) is 0. The molecule has 0 bridgehead atoms. The maximum absolute atomic E-state index is 14.7. The van der Waals surface area contributed by atoms with Gasteiger partial charge in [-0.25, -0.2) is 0 Å². The summed E-state index contributed by atoms with van der Waals surface area (Å²) in [6, 6.07) is 19.1. The van der Waals surface area contributed by atoms with Crippen LogP contribution in [0.4, 0.5) is 0 Å². The van der Waals surface area contributed by atoms with Gasteiger partial charge in [0.15, 0.2) is 7.14 Å². The van der Waals surface area contributed by atoms with Crippen LogP contribution in [-0.4, -0.2) is 10.7 Å². The Balaban J connectivity index is 2.95. The van der Waals surface area contributed by atoms with Crippen LogP contribution in [0.25, 0.3) is 0 Å². The lowest BCUT2D eigenvalue weighted by Gasteiger charge is -2.22. The van der Waals surface area contributed by atoms with Crippen LogP contribution >= 0.6 is 7.14 Å². The molecule has 28 heavy (non-hydrogen) atoms. The van der Waals surface area contributed by atoms with Crippen molar-refractivity contribution >= 4 is 17.8 Å². The zero-order valence-corrected chi connectivity index (χ0v) is 18.5. The molecule has 0 saturated heterocycles. The summed E-state index contributed by atoms with van der Waals surface area (Å²) in [5, 5.41) is 12.5. The Kier molecular flexibility index (Phi) is 6.89. The van der Waals surface area contributed by atoms with E-state index in [-0.39, 0.29) is 0 Å². The van der Waals surface area contributed by atoms with Crippen molar-refractivity contribution in [2.75, 3.05) is 0 Å². The number of benzene rings is 2. The standard InChI is InChI=1S/C25H29O2P/c1-19(2)17-24(20(3)18-21(4)25(5,6)26)28(27,22-13-9-7-10-14-22)23-15-11-8-12-16-23/h7-16,26H,1-6H3. The third-order valence-corrected chi connectivity index (χ3v) is 7.70. The second-order valence-electron chi connectivity index (χ2n) is 7.69. The van der Waals surface area contributed by atoms with Gasteiger partial charge in [0.25, 0.3) is 0 Å². The molecule has 2 rings (SSSR count). The third kappa shape index (κ3) is 4.93. The van der Waals surface area contributed by atoms with Gasteiger partial charge in [-0.3, -0.25) is 0 Å². The predicted molar refractivity (Wildman–Crippen MR) is 120 cm³/mol. The van der Waals surface area contributed by atoms with Crippen LogP contribution in [0.1, 0.15) is 41.5 Å². The smallest absolute Gasteiger partial charge is 0.179 e. The zero-order chi connectivity index (χ0) is 20.9. The SMILES string of the molecule is CC(C)=C=C(C(C)=C=C(C)C(C)(C)O)P(=O)(c1ccccc1)c1ccccc1. The van der Waals surface area contributed by atoms with Gasteiger partial charge in [-0.1, -0.05) is 60.7 Å². The quantitative estimate of drug-likeness (QED) is 0.402. The van der Waals surface area contributed by atoms with Crippen molar-refractivity contribution in [1.29, 1.82) is 0 Å². The Morgan fingerprint density at radius 1 is 0.821 bits per heavy atom. The van der Waals surface area contributed by atoms with E-state index < -0.39 is 12.7 Å². The maximum Gasteiger partial charge on any atom is 0.179 e. The highest BCUT2D eigenvalue weighted by atomic mass is 31.2. The van der Waals surface area contributed by atoms with E-state index in [1.807, 2.05) is 88.4 Å². The van der Waals surface area contributed by atoms with Gasteiger partial charge in [-0.15, -0.1) is 11.5 Å². The van der Waals surface area contributed by atoms with Crippen molar-refractivity contribution < 1.29 is 9.67 Å². The summed E-state index contributed by atoms with van der Waals surface area (Å²) in [4.78, 5) is 0. The van der Waals surface area contributed by atoms with E-state index in [0.717, 1.165) is 21.8 Å². The molecule has 0 aliphatic rings. The topological polar surface area (TPSA) is 37.3 Å². The van der Waals surface area contributed by atoms with E-state index in [1.165, 1.54) is 0 Å². The lowest BCUT2D eigenvalue weighted by molar-refractivity contribution is 0.120. The molecule has 0 aliphatic heterocycles. The molecule has 0 spiro atoms. The first-order valence-corrected chi connectivity index (χ1v) is 11.1. The lowest BCUT2D eigenvalue weighted by atomic mass is 10.00. The number of hydrogen-bond acceptors (Lipinski definition) is 2. The Bertz CT molecular complexity index is 962. The highest BCUT2D eigenvalue weighted by molar-refractivity contribution is 7.82. The van der Waals surface area contributed by atoms with E-state index in [1.54, 1.807) is 13.8 Å². The Morgan fingerprint density at radius 2 is 1.25 bits per heavy atom. The molecule has 0 unspecified atom stereocenters. The largest absolute Gasteiger partial charge is 0.385 e. The molecule has 2 aromatic rings. The van der Waals surface area contributed by atoms with Crippen molar-refractivity contribution in [3.8, 4) is 0 Å². The van der Waals surface area contributed by atoms with Crippen LogP contribution < -0.4 is 10.6 Å². The summed E-state index contributed by atoms with van der Waals surface area (Å²) in [5.41, 5.74) is 7.96. The van der Waals surface area contributed by atoms with Gasteiger partial charge in [0, 0.05) is 16.2 Å². The normalized spacial score (nSPS) is 11.2. The monoisotopic (exact) mass is 392 g/mol. The van der Waals surface area contributed by atoms with Crippen LogP contribution in [0.15, 0.2) is 94.2 Å². The average molecular weight is 392 g/mol. The molecule has 146 valence electrons. The Morgan fingerprint density at radius 3 is 1.61 bits per heavy atom. The summed E-state index contributed by atoms with van der Waals surface area (Å²) in [6.07, 6.45) is 0. The van der Waals surface area contributed by atoms with Crippen molar-refractivity contribution in [2.45, 2.75) is 47.1 Å². The minimum atomic E-state index is -3.16. The fourth-order valence-corrected chi connectivity index (χ4v) is 5.73. The van der Waals surface area contributed by atoms with E-state index in [0.29, 0.717) is 10.9 Å². The summed E-state index contributed by atoms with van der Waals surface area (Å²) >= 11 is 0. The molecule has 0 radical (unpaired) electrons. The molecular weight excluding hydrogens is 363 g/mol. The van der Waals surface area contributed by atoms with Gasteiger partial charge in [0.05, 0.1) is 10.9 Å². The maximum atomic E-state index is 14.7.